The van der Waals surface area contributed by atoms with Crippen LogP contribution < -0.4 is 0 Å². The maximum Gasteiger partial charge on any atom is 0.325 e. The van der Waals surface area contributed by atoms with Crippen molar-refractivity contribution in [2.75, 3.05) is 13.3 Å². The highest BCUT2D eigenvalue weighted by atomic mass is 31.2. The van der Waals surface area contributed by atoms with E-state index in [9.17, 15) is 8.96 Å². The molecule has 0 fully saturated rings. The maximum absolute atomic E-state index is 11.1. The van der Waals surface area contributed by atoms with Gasteiger partial charge in [0, 0.05) is 6.66 Å². The molecule has 0 spiro atoms. The van der Waals surface area contributed by atoms with Crippen LogP contribution in [0.2, 0.25) is 0 Å². The van der Waals surface area contributed by atoms with Gasteiger partial charge in [0.2, 0.25) is 0 Å². The van der Waals surface area contributed by atoms with E-state index in [2.05, 4.69) is 4.52 Å². The quantitative estimate of drug-likeness (QED) is 0.623. The van der Waals surface area contributed by atoms with Gasteiger partial charge in [0.1, 0.15) is 0 Å². The molecule has 0 heterocycles. The summed E-state index contributed by atoms with van der Waals surface area (Å²) < 4.78 is 25.7. The second kappa shape index (κ2) is 3.77. The van der Waals surface area contributed by atoms with Crippen molar-refractivity contribution in [2.45, 2.75) is 0 Å². The third-order valence-electron chi connectivity index (χ3n) is 0.499. The molecule has 0 amide bonds. The Kier molecular flexibility index (Phi) is 3.70. The van der Waals surface area contributed by atoms with Gasteiger partial charge in [-0.25, -0.2) is 4.39 Å². The van der Waals surface area contributed by atoms with Crippen LogP contribution in [0.3, 0.4) is 0 Å². The summed E-state index contributed by atoms with van der Waals surface area (Å²) >= 11 is 0. The largest absolute Gasteiger partial charge is 0.325 e. The van der Waals surface area contributed by atoms with E-state index >= 15 is 0 Å². The van der Waals surface area contributed by atoms with Crippen LogP contribution in [-0.4, -0.2) is 18.2 Å². The van der Waals surface area contributed by atoms with E-state index in [-0.39, 0.29) is 12.9 Å². The molecular formula is C4H8FO3P. The summed E-state index contributed by atoms with van der Waals surface area (Å²) in [4.78, 5) is 8.42. The molecule has 1 N–H and O–H groups in total. The minimum Gasteiger partial charge on any atom is -0.324 e. The third-order valence-corrected chi connectivity index (χ3v) is 1.13. The highest BCUT2D eigenvalue weighted by Crippen LogP contribution is 2.35. The molecule has 5 heteroatoms. The zero-order chi connectivity index (χ0) is 7.33. The van der Waals surface area contributed by atoms with Crippen molar-refractivity contribution >= 4 is 7.60 Å². The van der Waals surface area contributed by atoms with Crippen molar-refractivity contribution < 1.29 is 18.4 Å². The first-order valence-corrected chi connectivity index (χ1v) is 4.29. The first kappa shape index (κ1) is 8.82. The van der Waals surface area contributed by atoms with Crippen molar-refractivity contribution in [1.29, 1.82) is 0 Å². The monoisotopic (exact) mass is 154 g/mol. The Morgan fingerprint density at radius 3 is 2.78 bits per heavy atom. The van der Waals surface area contributed by atoms with Crippen LogP contribution in [-0.2, 0) is 9.09 Å². The molecule has 0 aromatic heterocycles. The van der Waals surface area contributed by atoms with Crippen molar-refractivity contribution in [3.05, 3.63) is 12.4 Å². The summed E-state index contributed by atoms with van der Waals surface area (Å²) in [6, 6.07) is 0. The molecule has 0 aliphatic carbocycles. The fraction of sp³-hybridized carbons (Fsp3) is 0.500. The lowest BCUT2D eigenvalue weighted by atomic mass is 10.7. The fourth-order valence-electron chi connectivity index (χ4n) is 0.218. The molecule has 0 aliphatic heterocycles. The van der Waals surface area contributed by atoms with Gasteiger partial charge in [-0.3, -0.25) is 4.57 Å². The summed E-state index contributed by atoms with van der Waals surface area (Å²) in [6.45, 7) is 0.875. The Balaban J connectivity index is 3.40. The van der Waals surface area contributed by atoms with Gasteiger partial charge in [-0.15, -0.1) is 0 Å². The lowest BCUT2D eigenvalue weighted by Crippen LogP contribution is -1.85. The smallest absolute Gasteiger partial charge is 0.324 e. The van der Waals surface area contributed by atoms with Crippen LogP contribution >= 0.6 is 7.60 Å². The van der Waals surface area contributed by atoms with Crippen molar-refractivity contribution in [2.24, 2.45) is 0 Å². The second-order valence-corrected chi connectivity index (χ2v) is 3.32. The van der Waals surface area contributed by atoms with Gasteiger partial charge in [0.15, 0.2) is 0 Å². The van der Waals surface area contributed by atoms with Crippen LogP contribution in [0, 0.1) is 0 Å². The van der Waals surface area contributed by atoms with E-state index in [1.807, 2.05) is 0 Å². The molecule has 54 valence electrons. The molecule has 1 atom stereocenters. The van der Waals surface area contributed by atoms with Gasteiger partial charge in [-0.1, -0.05) is 0 Å². The second-order valence-electron chi connectivity index (χ2n) is 1.46. The Bertz CT molecular complexity index is 139. The molecule has 0 saturated carbocycles. The zero-order valence-electron chi connectivity index (χ0n) is 4.95. The average Bonchev–Trinajstić information content (AvgIpc) is 1.63. The third kappa shape index (κ3) is 7.82. The Morgan fingerprint density at radius 2 is 2.44 bits per heavy atom. The molecule has 0 radical (unpaired) electrons. The predicted octanol–water partition coefficient (Wildman–Crippen LogP) is 1.30. The molecular weight excluding hydrogens is 146 g/mol. The summed E-state index contributed by atoms with van der Waals surface area (Å²) in [7, 11) is -3.41. The van der Waals surface area contributed by atoms with E-state index < -0.39 is 7.60 Å². The van der Waals surface area contributed by atoms with Crippen molar-refractivity contribution in [3.8, 4) is 0 Å². The number of hydrogen-bond acceptors (Lipinski definition) is 2. The summed E-state index contributed by atoms with van der Waals surface area (Å²) in [5.74, 6) is 0. The lowest BCUT2D eigenvalue weighted by Gasteiger charge is -2.01. The normalized spacial score (nSPS) is 18.1. The maximum atomic E-state index is 11.1. The Labute approximate surface area is 52.7 Å². The molecule has 0 rings (SSSR count). The van der Waals surface area contributed by atoms with Gasteiger partial charge in [-0.2, -0.15) is 0 Å². The number of hydrogen-bond donors (Lipinski definition) is 1. The van der Waals surface area contributed by atoms with Crippen molar-refractivity contribution in [3.63, 3.8) is 0 Å². The van der Waals surface area contributed by atoms with E-state index in [0.717, 1.165) is 12.7 Å². The first-order chi connectivity index (χ1) is 4.06. The van der Waals surface area contributed by atoms with E-state index in [4.69, 9.17) is 4.89 Å². The summed E-state index contributed by atoms with van der Waals surface area (Å²) in [5, 5.41) is 0. The summed E-state index contributed by atoms with van der Waals surface area (Å²) in [5.41, 5.74) is 0. The van der Waals surface area contributed by atoms with E-state index in [1.54, 1.807) is 0 Å². The molecule has 1 unspecified atom stereocenters. The standard InChI is InChI=1S/C4H8FO3P/c1-9(6,7)8-4-2-3-5/h2-3H,4H2,1H3,(H,6,7). The van der Waals surface area contributed by atoms with E-state index in [1.165, 1.54) is 0 Å². The van der Waals surface area contributed by atoms with Crippen LogP contribution in [0.25, 0.3) is 0 Å². The molecule has 0 aromatic rings. The zero-order valence-corrected chi connectivity index (χ0v) is 5.85. The van der Waals surface area contributed by atoms with Crippen LogP contribution in [0.4, 0.5) is 4.39 Å². The Hall–Kier alpha value is -0.180. The SMILES string of the molecule is CP(=O)(O)OCC=CF. The topological polar surface area (TPSA) is 46.5 Å². The highest BCUT2D eigenvalue weighted by molar-refractivity contribution is 7.51. The molecule has 0 bridgehead atoms. The number of rotatable bonds is 3. The summed E-state index contributed by atoms with van der Waals surface area (Å²) in [6.07, 6.45) is 1.27. The van der Waals surface area contributed by atoms with Gasteiger partial charge in [0.05, 0.1) is 12.9 Å². The first-order valence-electron chi connectivity index (χ1n) is 2.26. The van der Waals surface area contributed by atoms with Crippen LogP contribution in [0.1, 0.15) is 0 Å². The lowest BCUT2D eigenvalue weighted by molar-refractivity contribution is 0.292. The Morgan fingerprint density at radius 1 is 1.89 bits per heavy atom. The number of halogens is 1. The van der Waals surface area contributed by atoms with Gasteiger partial charge >= 0.3 is 7.60 Å². The van der Waals surface area contributed by atoms with Gasteiger partial charge in [0.25, 0.3) is 0 Å². The molecule has 0 aromatic carbocycles. The molecule has 3 nitrogen and oxygen atoms in total. The molecule has 0 saturated heterocycles. The molecule has 9 heavy (non-hydrogen) atoms. The average molecular weight is 154 g/mol. The van der Waals surface area contributed by atoms with Crippen molar-refractivity contribution in [1.82, 2.24) is 0 Å². The van der Waals surface area contributed by atoms with Crippen LogP contribution in [0.5, 0.6) is 0 Å². The molecule has 0 aliphatic rings. The van der Waals surface area contributed by atoms with Crippen LogP contribution in [0.15, 0.2) is 12.4 Å². The van der Waals surface area contributed by atoms with Gasteiger partial charge in [-0.05, 0) is 6.08 Å². The highest BCUT2D eigenvalue weighted by Gasteiger charge is 2.06. The minimum atomic E-state index is -3.41. The van der Waals surface area contributed by atoms with Gasteiger partial charge < -0.3 is 9.42 Å². The minimum absolute atomic E-state index is 0.166. The van der Waals surface area contributed by atoms with E-state index in [0.29, 0.717) is 0 Å². The fourth-order valence-corrected chi connectivity index (χ4v) is 0.580. The predicted molar refractivity (Wildman–Crippen MR) is 31.9 cm³/mol.